The van der Waals surface area contributed by atoms with Crippen LogP contribution in [0.4, 0.5) is 0 Å². The average molecular weight is 241 g/mol. The number of sulfonamides is 1. The van der Waals surface area contributed by atoms with Crippen molar-refractivity contribution in [1.82, 2.24) is 14.6 Å². The molecule has 0 atom stereocenters. The van der Waals surface area contributed by atoms with Crippen molar-refractivity contribution in [2.45, 2.75) is 6.54 Å². The van der Waals surface area contributed by atoms with Gasteiger partial charge in [-0.25, -0.2) is 13.1 Å². The number of nitrogens with zero attached hydrogens (tertiary/aromatic N) is 2. The fraction of sp³-hybridized carbons (Fsp3) is 0.500. The predicted octanol–water partition coefficient (Wildman–Crippen LogP) is -0.183. The first-order chi connectivity index (χ1) is 7.66. The number of hydrogen-bond acceptors (Lipinski definition) is 4. The largest absolute Gasteiger partial charge is 0.295 e. The molecule has 2 heterocycles. The summed E-state index contributed by atoms with van der Waals surface area (Å²) in [5.74, 6) is 0.167. The summed E-state index contributed by atoms with van der Waals surface area (Å²) in [5.41, 5.74) is 0.974. The van der Waals surface area contributed by atoms with Crippen LogP contribution < -0.4 is 4.72 Å². The van der Waals surface area contributed by atoms with Crippen molar-refractivity contribution < 1.29 is 8.42 Å². The quantitative estimate of drug-likeness (QED) is 0.780. The number of aromatic nitrogens is 1. The molecule has 1 aromatic rings. The molecular formula is C10H15N3O2S. The van der Waals surface area contributed by atoms with Gasteiger partial charge < -0.3 is 0 Å². The van der Waals surface area contributed by atoms with Crippen LogP contribution in [-0.4, -0.2) is 43.7 Å². The first kappa shape index (κ1) is 11.5. The van der Waals surface area contributed by atoms with E-state index in [0.717, 1.165) is 12.2 Å². The van der Waals surface area contributed by atoms with Gasteiger partial charge in [-0.1, -0.05) is 6.07 Å². The number of hydrogen-bond donors (Lipinski definition) is 1. The van der Waals surface area contributed by atoms with Crippen molar-refractivity contribution >= 4 is 10.0 Å². The molecule has 5 nitrogen and oxygen atoms in total. The molecule has 0 bridgehead atoms. The van der Waals surface area contributed by atoms with Crippen LogP contribution in [0, 0.1) is 0 Å². The Morgan fingerprint density at radius 1 is 1.38 bits per heavy atom. The molecule has 1 aliphatic heterocycles. The van der Waals surface area contributed by atoms with Crippen LogP contribution in [0.25, 0.3) is 0 Å². The second-order valence-corrected chi connectivity index (χ2v) is 5.74. The Bertz CT molecular complexity index is 433. The number of pyridine rings is 1. The van der Waals surface area contributed by atoms with E-state index < -0.39 is 10.0 Å². The van der Waals surface area contributed by atoms with E-state index in [9.17, 15) is 8.42 Å². The van der Waals surface area contributed by atoms with Crippen molar-refractivity contribution in [2.24, 2.45) is 0 Å². The van der Waals surface area contributed by atoms with Crippen LogP contribution in [0.2, 0.25) is 0 Å². The highest BCUT2D eigenvalue weighted by Gasteiger charge is 2.18. The fourth-order valence-corrected chi connectivity index (χ4v) is 2.72. The fourth-order valence-electron chi connectivity index (χ4n) is 1.67. The minimum absolute atomic E-state index is 0.167. The Morgan fingerprint density at radius 2 is 2.25 bits per heavy atom. The third-order valence-electron chi connectivity index (χ3n) is 2.54. The first-order valence-corrected chi connectivity index (χ1v) is 6.90. The zero-order valence-electron chi connectivity index (χ0n) is 8.96. The summed E-state index contributed by atoms with van der Waals surface area (Å²) in [5, 5.41) is 0. The topological polar surface area (TPSA) is 62.3 Å². The molecular weight excluding hydrogens is 226 g/mol. The zero-order chi connectivity index (χ0) is 11.4. The van der Waals surface area contributed by atoms with E-state index in [1.165, 1.54) is 0 Å². The first-order valence-electron chi connectivity index (χ1n) is 5.25. The second kappa shape index (κ2) is 4.90. The van der Waals surface area contributed by atoms with E-state index in [1.54, 1.807) is 6.20 Å². The van der Waals surface area contributed by atoms with Gasteiger partial charge in [-0.2, -0.15) is 0 Å². The summed E-state index contributed by atoms with van der Waals surface area (Å²) in [6.45, 7) is 2.48. The van der Waals surface area contributed by atoms with E-state index in [4.69, 9.17) is 0 Å². The molecule has 0 aliphatic carbocycles. The SMILES string of the molecule is O=S1(=O)CCN(Cc2ccccn2)CCN1. The maximum Gasteiger partial charge on any atom is 0.212 e. The van der Waals surface area contributed by atoms with Crippen LogP contribution in [-0.2, 0) is 16.6 Å². The van der Waals surface area contributed by atoms with Gasteiger partial charge >= 0.3 is 0 Å². The van der Waals surface area contributed by atoms with E-state index >= 15 is 0 Å². The molecule has 16 heavy (non-hydrogen) atoms. The Hall–Kier alpha value is -0.980. The molecule has 1 N–H and O–H groups in total. The number of nitrogens with one attached hydrogen (secondary N) is 1. The Kier molecular flexibility index (Phi) is 3.52. The molecule has 0 spiro atoms. The minimum atomic E-state index is -3.06. The Labute approximate surface area is 95.5 Å². The van der Waals surface area contributed by atoms with Gasteiger partial charge in [0.2, 0.25) is 10.0 Å². The van der Waals surface area contributed by atoms with E-state index in [2.05, 4.69) is 14.6 Å². The summed E-state index contributed by atoms with van der Waals surface area (Å²) in [6.07, 6.45) is 1.75. The van der Waals surface area contributed by atoms with Crippen LogP contribution in [0.1, 0.15) is 5.69 Å². The van der Waals surface area contributed by atoms with Crippen LogP contribution in [0.15, 0.2) is 24.4 Å². The molecule has 0 saturated carbocycles. The molecule has 6 heteroatoms. The molecule has 0 radical (unpaired) electrons. The maximum atomic E-state index is 11.3. The normalized spacial score (nSPS) is 21.5. The molecule has 2 rings (SSSR count). The standard InChI is InChI=1S/C10H15N3O2S/c14-16(15)8-7-13(6-5-12-16)9-10-3-1-2-4-11-10/h1-4,12H,5-9H2. The molecule has 0 aromatic carbocycles. The van der Waals surface area contributed by atoms with Crippen LogP contribution in [0.3, 0.4) is 0 Å². The Morgan fingerprint density at radius 3 is 3.00 bits per heavy atom. The summed E-state index contributed by atoms with van der Waals surface area (Å²) < 4.78 is 25.2. The molecule has 1 aromatic heterocycles. The van der Waals surface area contributed by atoms with Crippen molar-refractivity contribution in [2.75, 3.05) is 25.4 Å². The summed E-state index contributed by atoms with van der Waals surface area (Å²) in [7, 11) is -3.06. The second-order valence-electron chi connectivity index (χ2n) is 3.81. The van der Waals surface area contributed by atoms with Crippen LogP contribution >= 0.6 is 0 Å². The van der Waals surface area contributed by atoms with E-state index in [-0.39, 0.29) is 5.75 Å². The summed E-state index contributed by atoms with van der Waals surface area (Å²) in [6, 6.07) is 5.76. The highest BCUT2D eigenvalue weighted by Crippen LogP contribution is 2.03. The molecule has 1 saturated heterocycles. The smallest absolute Gasteiger partial charge is 0.212 e. The summed E-state index contributed by atoms with van der Waals surface area (Å²) >= 11 is 0. The molecule has 1 aliphatic rings. The van der Waals surface area contributed by atoms with Gasteiger partial charge in [0, 0.05) is 32.4 Å². The third-order valence-corrected chi connectivity index (χ3v) is 3.90. The van der Waals surface area contributed by atoms with Gasteiger partial charge in [-0.3, -0.25) is 9.88 Å². The van der Waals surface area contributed by atoms with Gasteiger partial charge in [0.15, 0.2) is 0 Å². The summed E-state index contributed by atoms with van der Waals surface area (Å²) in [4.78, 5) is 6.33. The van der Waals surface area contributed by atoms with Crippen molar-refractivity contribution in [1.29, 1.82) is 0 Å². The predicted molar refractivity (Wildman–Crippen MR) is 61.3 cm³/mol. The van der Waals surface area contributed by atoms with Gasteiger partial charge in [-0.05, 0) is 12.1 Å². The van der Waals surface area contributed by atoms with Gasteiger partial charge in [0.25, 0.3) is 0 Å². The lowest BCUT2D eigenvalue weighted by Gasteiger charge is -2.17. The maximum absolute atomic E-state index is 11.3. The lowest BCUT2D eigenvalue weighted by molar-refractivity contribution is 0.289. The average Bonchev–Trinajstić information content (AvgIpc) is 2.42. The zero-order valence-corrected chi connectivity index (χ0v) is 9.78. The van der Waals surface area contributed by atoms with E-state index in [0.29, 0.717) is 19.6 Å². The molecule has 1 fully saturated rings. The van der Waals surface area contributed by atoms with Gasteiger partial charge in [-0.15, -0.1) is 0 Å². The van der Waals surface area contributed by atoms with Crippen molar-refractivity contribution in [3.8, 4) is 0 Å². The lowest BCUT2D eigenvalue weighted by Crippen LogP contribution is -2.28. The van der Waals surface area contributed by atoms with Crippen molar-refractivity contribution in [3.63, 3.8) is 0 Å². The van der Waals surface area contributed by atoms with Gasteiger partial charge in [0.1, 0.15) is 0 Å². The van der Waals surface area contributed by atoms with E-state index in [1.807, 2.05) is 18.2 Å². The molecule has 0 amide bonds. The van der Waals surface area contributed by atoms with Gasteiger partial charge in [0.05, 0.1) is 11.4 Å². The third kappa shape index (κ3) is 3.26. The highest BCUT2D eigenvalue weighted by molar-refractivity contribution is 7.89. The number of rotatable bonds is 2. The lowest BCUT2D eigenvalue weighted by atomic mass is 10.3. The minimum Gasteiger partial charge on any atom is -0.295 e. The Balaban J connectivity index is 1.97. The van der Waals surface area contributed by atoms with Crippen molar-refractivity contribution in [3.05, 3.63) is 30.1 Å². The monoisotopic (exact) mass is 241 g/mol. The highest BCUT2D eigenvalue weighted by atomic mass is 32.2. The molecule has 88 valence electrons. The molecule has 0 unspecified atom stereocenters. The van der Waals surface area contributed by atoms with Crippen LogP contribution in [0.5, 0.6) is 0 Å².